The first-order chi connectivity index (χ1) is 9.60. The molecule has 2 nitrogen and oxygen atoms in total. The van der Waals surface area contributed by atoms with Gasteiger partial charge in [0, 0.05) is 0 Å². The van der Waals surface area contributed by atoms with E-state index >= 15 is 0 Å². The lowest BCUT2D eigenvalue weighted by Gasteiger charge is -2.15. The SMILES string of the molecule is CCCOc1cccc(C(N)c2cc(C)cc(F)c2)c1. The molecule has 2 rings (SSSR count). The van der Waals surface area contributed by atoms with Crippen molar-refractivity contribution >= 4 is 0 Å². The van der Waals surface area contributed by atoms with Crippen LogP contribution in [0.5, 0.6) is 5.75 Å². The topological polar surface area (TPSA) is 35.2 Å². The van der Waals surface area contributed by atoms with Gasteiger partial charge in [0.25, 0.3) is 0 Å². The molecule has 0 aliphatic carbocycles. The molecule has 0 fully saturated rings. The first-order valence-electron chi connectivity index (χ1n) is 6.85. The second-order valence-corrected chi connectivity index (χ2v) is 4.96. The first-order valence-corrected chi connectivity index (χ1v) is 6.85. The minimum Gasteiger partial charge on any atom is -0.494 e. The van der Waals surface area contributed by atoms with Gasteiger partial charge in [-0.25, -0.2) is 4.39 Å². The van der Waals surface area contributed by atoms with Gasteiger partial charge in [-0.05, 0) is 54.3 Å². The number of halogens is 1. The van der Waals surface area contributed by atoms with Gasteiger partial charge in [0.05, 0.1) is 12.6 Å². The Hall–Kier alpha value is -1.87. The van der Waals surface area contributed by atoms with Gasteiger partial charge in [0.1, 0.15) is 11.6 Å². The van der Waals surface area contributed by atoms with Crippen LogP contribution >= 0.6 is 0 Å². The maximum atomic E-state index is 13.5. The first kappa shape index (κ1) is 14.5. The molecule has 3 heteroatoms. The predicted octanol–water partition coefficient (Wildman–Crippen LogP) is 3.97. The van der Waals surface area contributed by atoms with E-state index in [2.05, 4.69) is 6.92 Å². The molecule has 1 unspecified atom stereocenters. The van der Waals surface area contributed by atoms with Crippen molar-refractivity contribution in [3.63, 3.8) is 0 Å². The molecule has 0 bridgehead atoms. The van der Waals surface area contributed by atoms with E-state index in [4.69, 9.17) is 10.5 Å². The maximum absolute atomic E-state index is 13.5. The largest absolute Gasteiger partial charge is 0.494 e. The summed E-state index contributed by atoms with van der Waals surface area (Å²) in [7, 11) is 0. The molecule has 1 atom stereocenters. The summed E-state index contributed by atoms with van der Waals surface area (Å²) >= 11 is 0. The standard InChI is InChI=1S/C17H20FNO/c1-3-7-20-16-6-4-5-13(11-16)17(19)14-8-12(2)9-15(18)10-14/h4-6,8-11,17H,3,7,19H2,1-2H3. The minimum atomic E-state index is -0.352. The van der Waals surface area contributed by atoms with E-state index in [0.717, 1.165) is 28.9 Å². The molecule has 2 aromatic rings. The van der Waals surface area contributed by atoms with Crippen molar-refractivity contribution in [2.24, 2.45) is 5.73 Å². The van der Waals surface area contributed by atoms with E-state index in [9.17, 15) is 4.39 Å². The highest BCUT2D eigenvalue weighted by molar-refractivity contribution is 5.37. The summed E-state index contributed by atoms with van der Waals surface area (Å²) in [5.74, 6) is 0.543. The van der Waals surface area contributed by atoms with Crippen LogP contribution in [0.3, 0.4) is 0 Å². The smallest absolute Gasteiger partial charge is 0.123 e. The molecule has 2 N–H and O–H groups in total. The van der Waals surface area contributed by atoms with Gasteiger partial charge in [-0.2, -0.15) is 0 Å². The minimum absolute atomic E-state index is 0.256. The van der Waals surface area contributed by atoms with Crippen LogP contribution in [-0.4, -0.2) is 6.61 Å². The van der Waals surface area contributed by atoms with E-state index in [1.54, 1.807) is 0 Å². The molecule has 0 amide bonds. The third-order valence-electron chi connectivity index (χ3n) is 3.11. The van der Waals surface area contributed by atoms with Crippen molar-refractivity contribution in [2.45, 2.75) is 26.3 Å². The second-order valence-electron chi connectivity index (χ2n) is 4.96. The summed E-state index contributed by atoms with van der Waals surface area (Å²) in [6, 6.07) is 12.2. The molecule has 106 valence electrons. The highest BCUT2D eigenvalue weighted by Gasteiger charge is 2.11. The fourth-order valence-corrected chi connectivity index (χ4v) is 2.15. The fraction of sp³-hybridized carbons (Fsp3) is 0.294. The Morgan fingerprint density at radius 1 is 1.15 bits per heavy atom. The van der Waals surface area contributed by atoms with Crippen molar-refractivity contribution in [2.75, 3.05) is 6.61 Å². The molecule has 0 spiro atoms. The monoisotopic (exact) mass is 273 g/mol. The van der Waals surface area contributed by atoms with Gasteiger partial charge in [0.15, 0.2) is 0 Å². The Morgan fingerprint density at radius 2 is 1.95 bits per heavy atom. The third kappa shape index (κ3) is 3.58. The van der Waals surface area contributed by atoms with Gasteiger partial charge in [-0.15, -0.1) is 0 Å². The lowest BCUT2D eigenvalue weighted by Crippen LogP contribution is -2.12. The summed E-state index contributed by atoms with van der Waals surface area (Å²) in [4.78, 5) is 0. The van der Waals surface area contributed by atoms with Crippen molar-refractivity contribution in [1.82, 2.24) is 0 Å². The van der Waals surface area contributed by atoms with E-state index < -0.39 is 0 Å². The van der Waals surface area contributed by atoms with Crippen LogP contribution in [0.15, 0.2) is 42.5 Å². The molecule has 0 aliphatic rings. The summed E-state index contributed by atoms with van der Waals surface area (Å²) in [6.07, 6.45) is 0.958. The molecule has 0 heterocycles. The number of rotatable bonds is 5. The number of hydrogen-bond donors (Lipinski definition) is 1. The fourth-order valence-electron chi connectivity index (χ4n) is 2.15. The van der Waals surface area contributed by atoms with E-state index in [0.29, 0.717) is 6.61 Å². The zero-order chi connectivity index (χ0) is 14.5. The Balaban J connectivity index is 2.25. The predicted molar refractivity (Wildman–Crippen MR) is 79.4 cm³/mol. The number of aryl methyl sites for hydroxylation is 1. The van der Waals surface area contributed by atoms with Gasteiger partial charge in [-0.3, -0.25) is 0 Å². The van der Waals surface area contributed by atoms with Gasteiger partial charge in [0.2, 0.25) is 0 Å². The van der Waals surface area contributed by atoms with Gasteiger partial charge >= 0.3 is 0 Å². The van der Waals surface area contributed by atoms with E-state index in [-0.39, 0.29) is 11.9 Å². The Morgan fingerprint density at radius 3 is 2.65 bits per heavy atom. The molecule has 0 radical (unpaired) electrons. The number of ether oxygens (including phenoxy) is 1. The maximum Gasteiger partial charge on any atom is 0.123 e. The lowest BCUT2D eigenvalue weighted by atomic mass is 9.98. The molecule has 20 heavy (non-hydrogen) atoms. The summed E-state index contributed by atoms with van der Waals surface area (Å²) < 4.78 is 19.1. The van der Waals surface area contributed by atoms with E-state index in [1.165, 1.54) is 12.1 Å². The molecule has 0 aromatic heterocycles. The van der Waals surface area contributed by atoms with Crippen LogP contribution in [0.1, 0.15) is 36.1 Å². The van der Waals surface area contributed by atoms with Crippen molar-refractivity contribution < 1.29 is 9.13 Å². The third-order valence-corrected chi connectivity index (χ3v) is 3.11. The Bertz CT molecular complexity index is 563. The number of hydrogen-bond acceptors (Lipinski definition) is 2. The van der Waals surface area contributed by atoms with Crippen LogP contribution in [0, 0.1) is 12.7 Å². The van der Waals surface area contributed by atoms with Crippen molar-refractivity contribution in [3.8, 4) is 5.75 Å². The molecule has 0 saturated heterocycles. The van der Waals surface area contributed by atoms with Gasteiger partial charge < -0.3 is 10.5 Å². The molecule has 0 aliphatic heterocycles. The van der Waals surface area contributed by atoms with Crippen molar-refractivity contribution in [1.29, 1.82) is 0 Å². The quantitative estimate of drug-likeness (QED) is 0.894. The van der Waals surface area contributed by atoms with Crippen LogP contribution in [0.4, 0.5) is 4.39 Å². The summed E-state index contributed by atoms with van der Waals surface area (Å²) in [5, 5.41) is 0. The number of benzene rings is 2. The van der Waals surface area contributed by atoms with Gasteiger partial charge in [-0.1, -0.05) is 25.1 Å². The van der Waals surface area contributed by atoms with Crippen molar-refractivity contribution in [3.05, 3.63) is 65.0 Å². The zero-order valence-corrected chi connectivity index (χ0v) is 11.9. The lowest BCUT2D eigenvalue weighted by molar-refractivity contribution is 0.317. The Kier molecular flexibility index (Phi) is 4.74. The normalized spacial score (nSPS) is 12.2. The highest BCUT2D eigenvalue weighted by Crippen LogP contribution is 2.24. The summed E-state index contributed by atoms with van der Waals surface area (Å²) in [6.45, 7) is 4.60. The average Bonchev–Trinajstić information content (AvgIpc) is 2.43. The average molecular weight is 273 g/mol. The van der Waals surface area contributed by atoms with Crippen LogP contribution < -0.4 is 10.5 Å². The summed E-state index contributed by atoms with van der Waals surface area (Å²) in [5.41, 5.74) is 8.79. The van der Waals surface area contributed by atoms with Crippen LogP contribution in [0.2, 0.25) is 0 Å². The zero-order valence-electron chi connectivity index (χ0n) is 11.9. The van der Waals surface area contributed by atoms with E-state index in [1.807, 2.05) is 37.3 Å². The van der Waals surface area contributed by atoms with Crippen LogP contribution in [0.25, 0.3) is 0 Å². The molecular formula is C17H20FNO. The highest BCUT2D eigenvalue weighted by atomic mass is 19.1. The molecule has 0 saturated carbocycles. The second kappa shape index (κ2) is 6.53. The molecule has 2 aromatic carbocycles. The molecular weight excluding hydrogens is 253 g/mol. The van der Waals surface area contributed by atoms with Crippen LogP contribution in [-0.2, 0) is 0 Å². The Labute approximate surface area is 119 Å². The number of nitrogens with two attached hydrogens (primary N) is 1.